The van der Waals surface area contributed by atoms with Crippen molar-refractivity contribution in [1.82, 2.24) is 15.1 Å². The number of amides is 3. The Labute approximate surface area is 138 Å². The van der Waals surface area contributed by atoms with Gasteiger partial charge in [-0.1, -0.05) is 6.92 Å². The molecule has 3 fully saturated rings. The molecule has 3 amide bonds. The first-order valence-electron chi connectivity index (χ1n) is 8.93. The second kappa shape index (κ2) is 7.07. The molecule has 0 aromatic heterocycles. The monoisotopic (exact) mass is 323 g/mol. The van der Waals surface area contributed by atoms with Crippen molar-refractivity contribution in [2.75, 3.05) is 39.4 Å². The number of rotatable bonds is 2. The molecule has 0 radical (unpaired) electrons. The van der Waals surface area contributed by atoms with Crippen LogP contribution in [0.1, 0.15) is 33.1 Å². The van der Waals surface area contributed by atoms with Crippen LogP contribution in [0, 0.1) is 17.8 Å². The Morgan fingerprint density at radius 3 is 2.48 bits per heavy atom. The molecular formula is C17H29N3O3. The summed E-state index contributed by atoms with van der Waals surface area (Å²) < 4.78 is 5.48. The Hall–Kier alpha value is -1.30. The highest BCUT2D eigenvalue weighted by atomic mass is 16.5. The molecule has 130 valence electrons. The number of hydrogen-bond acceptors (Lipinski definition) is 3. The summed E-state index contributed by atoms with van der Waals surface area (Å²) in [6.07, 6.45) is 3.08. The van der Waals surface area contributed by atoms with E-state index in [1.807, 2.05) is 9.80 Å². The fourth-order valence-electron chi connectivity index (χ4n) is 4.18. The topological polar surface area (TPSA) is 61.9 Å². The SMILES string of the molecule is CC(=O)N1CCC(NC(=O)N2CCC(C3CCOC3)C2)C(C)C1. The van der Waals surface area contributed by atoms with E-state index in [1.54, 1.807) is 6.92 Å². The zero-order chi connectivity index (χ0) is 16.4. The molecule has 6 heteroatoms. The van der Waals surface area contributed by atoms with Crippen molar-refractivity contribution in [1.29, 1.82) is 0 Å². The van der Waals surface area contributed by atoms with E-state index in [0.717, 1.165) is 58.7 Å². The van der Waals surface area contributed by atoms with Gasteiger partial charge >= 0.3 is 6.03 Å². The number of carbonyl (C=O) groups excluding carboxylic acids is 2. The molecule has 0 spiro atoms. The zero-order valence-corrected chi connectivity index (χ0v) is 14.3. The van der Waals surface area contributed by atoms with Crippen LogP contribution in [0.25, 0.3) is 0 Å². The summed E-state index contributed by atoms with van der Waals surface area (Å²) in [6, 6.07) is 0.242. The number of likely N-dealkylation sites (tertiary alicyclic amines) is 2. The van der Waals surface area contributed by atoms with Crippen LogP contribution in [0.3, 0.4) is 0 Å². The van der Waals surface area contributed by atoms with Crippen molar-refractivity contribution in [3.05, 3.63) is 0 Å². The first kappa shape index (κ1) is 16.6. The van der Waals surface area contributed by atoms with Gasteiger partial charge in [0.05, 0.1) is 0 Å². The zero-order valence-electron chi connectivity index (χ0n) is 14.3. The van der Waals surface area contributed by atoms with Gasteiger partial charge in [0.2, 0.25) is 5.91 Å². The molecule has 4 unspecified atom stereocenters. The van der Waals surface area contributed by atoms with Gasteiger partial charge in [0.1, 0.15) is 0 Å². The Morgan fingerprint density at radius 1 is 1.04 bits per heavy atom. The van der Waals surface area contributed by atoms with Crippen LogP contribution in [0.2, 0.25) is 0 Å². The maximum atomic E-state index is 12.5. The summed E-state index contributed by atoms with van der Waals surface area (Å²) in [4.78, 5) is 27.8. The van der Waals surface area contributed by atoms with Crippen molar-refractivity contribution in [3.63, 3.8) is 0 Å². The third-order valence-corrected chi connectivity index (χ3v) is 5.80. The normalized spacial score (nSPS) is 34.7. The molecule has 3 saturated heterocycles. The van der Waals surface area contributed by atoms with E-state index in [-0.39, 0.29) is 18.0 Å². The minimum Gasteiger partial charge on any atom is -0.381 e. The van der Waals surface area contributed by atoms with Crippen molar-refractivity contribution in [2.24, 2.45) is 17.8 Å². The summed E-state index contributed by atoms with van der Waals surface area (Å²) >= 11 is 0. The molecule has 0 aliphatic carbocycles. The average molecular weight is 323 g/mol. The molecular weight excluding hydrogens is 294 g/mol. The van der Waals surface area contributed by atoms with Crippen LogP contribution in [-0.2, 0) is 9.53 Å². The second-order valence-corrected chi connectivity index (χ2v) is 7.41. The number of piperidine rings is 1. The number of ether oxygens (including phenoxy) is 1. The molecule has 0 aromatic rings. The fourth-order valence-corrected chi connectivity index (χ4v) is 4.18. The van der Waals surface area contributed by atoms with Crippen LogP contribution >= 0.6 is 0 Å². The third-order valence-electron chi connectivity index (χ3n) is 5.80. The summed E-state index contributed by atoms with van der Waals surface area (Å²) in [7, 11) is 0. The van der Waals surface area contributed by atoms with E-state index in [1.165, 1.54) is 0 Å². The number of nitrogens with one attached hydrogen (secondary N) is 1. The smallest absolute Gasteiger partial charge is 0.317 e. The van der Waals surface area contributed by atoms with Gasteiger partial charge in [-0.15, -0.1) is 0 Å². The molecule has 3 aliphatic rings. The predicted molar refractivity (Wildman–Crippen MR) is 87.0 cm³/mol. The van der Waals surface area contributed by atoms with Crippen molar-refractivity contribution < 1.29 is 14.3 Å². The van der Waals surface area contributed by atoms with Crippen molar-refractivity contribution >= 4 is 11.9 Å². The summed E-state index contributed by atoms with van der Waals surface area (Å²) in [5, 5.41) is 3.20. The van der Waals surface area contributed by atoms with Crippen LogP contribution in [-0.4, -0.2) is 67.2 Å². The maximum Gasteiger partial charge on any atom is 0.317 e. The van der Waals surface area contributed by atoms with Gasteiger partial charge in [-0.05, 0) is 37.0 Å². The molecule has 1 N–H and O–H groups in total. The van der Waals surface area contributed by atoms with E-state index in [2.05, 4.69) is 12.2 Å². The quantitative estimate of drug-likeness (QED) is 0.833. The molecule has 3 aliphatic heterocycles. The summed E-state index contributed by atoms with van der Waals surface area (Å²) in [5.74, 6) is 1.66. The molecule has 0 bridgehead atoms. The Morgan fingerprint density at radius 2 is 1.83 bits per heavy atom. The largest absolute Gasteiger partial charge is 0.381 e. The van der Waals surface area contributed by atoms with E-state index in [4.69, 9.17) is 4.74 Å². The van der Waals surface area contributed by atoms with Crippen molar-refractivity contribution in [3.8, 4) is 0 Å². The molecule has 0 saturated carbocycles. The van der Waals surface area contributed by atoms with Crippen LogP contribution in [0.4, 0.5) is 4.79 Å². The number of nitrogens with zero attached hydrogens (tertiary/aromatic N) is 2. The molecule has 6 nitrogen and oxygen atoms in total. The molecule has 23 heavy (non-hydrogen) atoms. The minimum atomic E-state index is 0.0690. The van der Waals surface area contributed by atoms with Crippen LogP contribution < -0.4 is 5.32 Å². The fraction of sp³-hybridized carbons (Fsp3) is 0.882. The molecule has 3 heterocycles. The van der Waals surface area contributed by atoms with Gasteiger partial charge in [-0.25, -0.2) is 4.79 Å². The number of urea groups is 1. The molecule has 3 rings (SSSR count). The van der Waals surface area contributed by atoms with Gasteiger partial charge in [0.25, 0.3) is 0 Å². The van der Waals surface area contributed by atoms with Crippen molar-refractivity contribution in [2.45, 2.75) is 39.2 Å². The number of carbonyl (C=O) groups is 2. The lowest BCUT2D eigenvalue weighted by Gasteiger charge is -2.37. The highest BCUT2D eigenvalue weighted by Gasteiger charge is 2.35. The third kappa shape index (κ3) is 3.79. The first-order valence-corrected chi connectivity index (χ1v) is 8.93. The van der Waals surface area contributed by atoms with Crippen LogP contribution in [0.5, 0.6) is 0 Å². The van der Waals surface area contributed by atoms with E-state index in [0.29, 0.717) is 17.8 Å². The van der Waals surface area contributed by atoms with Gasteiger partial charge in [0, 0.05) is 52.4 Å². The predicted octanol–water partition coefficient (Wildman–Crippen LogP) is 1.31. The van der Waals surface area contributed by atoms with Crippen LogP contribution in [0.15, 0.2) is 0 Å². The Balaban J connectivity index is 1.47. The van der Waals surface area contributed by atoms with Gasteiger partial charge in [-0.3, -0.25) is 4.79 Å². The number of hydrogen-bond donors (Lipinski definition) is 1. The van der Waals surface area contributed by atoms with Gasteiger partial charge < -0.3 is 19.9 Å². The summed E-state index contributed by atoms with van der Waals surface area (Å²) in [6.45, 7) is 8.66. The highest BCUT2D eigenvalue weighted by Crippen LogP contribution is 2.30. The lowest BCUT2D eigenvalue weighted by Crippen LogP contribution is -2.53. The van der Waals surface area contributed by atoms with E-state index in [9.17, 15) is 9.59 Å². The lowest BCUT2D eigenvalue weighted by molar-refractivity contribution is -0.130. The Kier molecular flexibility index (Phi) is 5.09. The Bertz CT molecular complexity index is 450. The highest BCUT2D eigenvalue weighted by molar-refractivity contribution is 5.75. The second-order valence-electron chi connectivity index (χ2n) is 7.41. The van der Waals surface area contributed by atoms with E-state index >= 15 is 0 Å². The summed E-state index contributed by atoms with van der Waals surface area (Å²) in [5.41, 5.74) is 0. The van der Waals surface area contributed by atoms with Gasteiger partial charge in [-0.2, -0.15) is 0 Å². The molecule has 0 aromatic carbocycles. The van der Waals surface area contributed by atoms with E-state index < -0.39 is 0 Å². The maximum absolute atomic E-state index is 12.5. The van der Waals surface area contributed by atoms with Gasteiger partial charge in [0.15, 0.2) is 0 Å². The first-order chi connectivity index (χ1) is 11.0. The standard InChI is InChI=1S/C17H29N3O3/c1-12-9-19(13(2)21)7-4-16(12)18-17(22)20-6-3-14(10-20)15-5-8-23-11-15/h12,14-16H,3-11H2,1-2H3,(H,18,22). The molecule has 4 atom stereocenters. The lowest BCUT2D eigenvalue weighted by atomic mass is 9.91. The average Bonchev–Trinajstić information content (AvgIpc) is 3.19. The minimum absolute atomic E-state index is 0.0690.